The fourth-order valence-corrected chi connectivity index (χ4v) is 2.49. The Bertz CT molecular complexity index is 467. The zero-order valence-corrected chi connectivity index (χ0v) is 10.00. The van der Waals surface area contributed by atoms with E-state index in [1.807, 2.05) is 6.07 Å². The Labute approximate surface area is 96.2 Å². The van der Waals surface area contributed by atoms with E-state index in [4.69, 9.17) is 5.73 Å². The van der Waals surface area contributed by atoms with Gasteiger partial charge in [0.25, 0.3) is 0 Å². The highest BCUT2D eigenvalue weighted by Crippen LogP contribution is 2.13. The molecule has 0 radical (unpaired) electrons. The number of sulfonamides is 1. The van der Waals surface area contributed by atoms with Crippen molar-refractivity contribution >= 4 is 10.0 Å². The molecule has 88 valence electrons. The topological polar surface area (TPSA) is 72.2 Å². The van der Waals surface area contributed by atoms with Gasteiger partial charge in [-0.15, -0.1) is 0 Å². The number of rotatable bonds is 5. The van der Waals surface area contributed by atoms with E-state index in [0.717, 1.165) is 5.56 Å². The molecule has 1 rings (SSSR count). The number of hydrogen-bond acceptors (Lipinski definition) is 3. The third-order valence-corrected chi connectivity index (χ3v) is 3.66. The molecule has 0 heterocycles. The van der Waals surface area contributed by atoms with E-state index in [1.54, 1.807) is 37.3 Å². The van der Waals surface area contributed by atoms with Gasteiger partial charge in [-0.1, -0.05) is 30.4 Å². The monoisotopic (exact) mass is 240 g/mol. The smallest absolute Gasteiger partial charge is 0.241 e. The van der Waals surface area contributed by atoms with Gasteiger partial charge in [-0.2, -0.15) is 0 Å². The van der Waals surface area contributed by atoms with Crippen LogP contribution in [0.4, 0.5) is 0 Å². The molecular formula is C11H16N2O2S. The maximum Gasteiger partial charge on any atom is 0.241 e. The van der Waals surface area contributed by atoms with Crippen LogP contribution in [-0.4, -0.2) is 21.5 Å². The van der Waals surface area contributed by atoms with Crippen LogP contribution in [0.1, 0.15) is 5.56 Å². The molecule has 0 fully saturated rings. The minimum atomic E-state index is -3.41. The summed E-state index contributed by atoms with van der Waals surface area (Å²) in [6.07, 6.45) is 3.40. The zero-order chi connectivity index (χ0) is 12.0. The van der Waals surface area contributed by atoms with Crippen molar-refractivity contribution in [3.63, 3.8) is 0 Å². The number of benzene rings is 1. The summed E-state index contributed by atoms with van der Waals surface area (Å²) in [5.41, 5.74) is 5.98. The Balaban J connectivity index is 2.79. The lowest BCUT2D eigenvalue weighted by Gasteiger charge is -2.07. The molecule has 0 aliphatic heterocycles. The summed E-state index contributed by atoms with van der Waals surface area (Å²) >= 11 is 0. The molecule has 0 amide bonds. The highest BCUT2D eigenvalue weighted by atomic mass is 32.2. The average molecular weight is 240 g/mol. The Morgan fingerprint density at radius 2 is 2.00 bits per heavy atom. The van der Waals surface area contributed by atoms with Crippen LogP contribution in [0, 0.1) is 6.92 Å². The Morgan fingerprint density at radius 3 is 2.62 bits per heavy atom. The largest absolute Gasteiger partial charge is 0.327 e. The summed E-state index contributed by atoms with van der Waals surface area (Å²) in [5, 5.41) is 0. The number of nitrogens with one attached hydrogen (secondary N) is 1. The molecule has 0 unspecified atom stereocenters. The van der Waals surface area contributed by atoms with E-state index < -0.39 is 10.0 Å². The first-order chi connectivity index (χ1) is 7.58. The van der Waals surface area contributed by atoms with Crippen LogP contribution in [0.3, 0.4) is 0 Å². The second kappa shape index (κ2) is 5.79. The van der Waals surface area contributed by atoms with Crippen molar-refractivity contribution < 1.29 is 8.42 Å². The second-order valence-corrected chi connectivity index (χ2v) is 5.06. The van der Waals surface area contributed by atoms with Crippen molar-refractivity contribution in [2.75, 3.05) is 13.1 Å². The van der Waals surface area contributed by atoms with Gasteiger partial charge < -0.3 is 5.73 Å². The summed E-state index contributed by atoms with van der Waals surface area (Å²) in [6.45, 7) is 2.43. The Morgan fingerprint density at radius 1 is 1.31 bits per heavy atom. The molecule has 1 aromatic carbocycles. The molecular weight excluding hydrogens is 224 g/mol. The van der Waals surface area contributed by atoms with Crippen molar-refractivity contribution in [3.05, 3.63) is 42.0 Å². The van der Waals surface area contributed by atoms with Gasteiger partial charge in [0, 0.05) is 13.1 Å². The molecule has 0 saturated carbocycles. The highest BCUT2D eigenvalue weighted by molar-refractivity contribution is 7.89. The van der Waals surface area contributed by atoms with Crippen molar-refractivity contribution in [1.82, 2.24) is 4.72 Å². The first kappa shape index (κ1) is 12.9. The normalized spacial score (nSPS) is 12.1. The van der Waals surface area contributed by atoms with E-state index in [9.17, 15) is 8.42 Å². The maximum absolute atomic E-state index is 11.8. The third-order valence-electron chi connectivity index (χ3n) is 2.08. The molecule has 0 aliphatic carbocycles. The molecule has 0 spiro atoms. The highest BCUT2D eigenvalue weighted by Gasteiger charge is 2.14. The van der Waals surface area contributed by atoms with Gasteiger partial charge in [-0.25, -0.2) is 13.1 Å². The number of aryl methyl sites for hydroxylation is 1. The number of nitrogens with two attached hydrogens (primary N) is 1. The van der Waals surface area contributed by atoms with Gasteiger partial charge in [-0.05, 0) is 18.6 Å². The molecule has 0 bridgehead atoms. The summed E-state index contributed by atoms with van der Waals surface area (Å²) in [5.74, 6) is 0. The molecule has 5 heteroatoms. The summed E-state index contributed by atoms with van der Waals surface area (Å²) in [4.78, 5) is 0.316. The van der Waals surface area contributed by atoms with Crippen LogP contribution in [0.2, 0.25) is 0 Å². The minimum Gasteiger partial charge on any atom is -0.327 e. The van der Waals surface area contributed by atoms with Gasteiger partial charge in [0.05, 0.1) is 4.90 Å². The van der Waals surface area contributed by atoms with Crippen LogP contribution in [0.15, 0.2) is 41.3 Å². The van der Waals surface area contributed by atoms with E-state index in [1.165, 1.54) is 0 Å². The van der Waals surface area contributed by atoms with E-state index >= 15 is 0 Å². The van der Waals surface area contributed by atoms with Gasteiger partial charge in [-0.3, -0.25) is 0 Å². The molecule has 1 aromatic rings. The predicted octanol–water partition coefficient (Wildman–Crippen LogP) is 0.788. The molecule has 0 atom stereocenters. The molecule has 16 heavy (non-hydrogen) atoms. The zero-order valence-electron chi connectivity index (χ0n) is 9.18. The van der Waals surface area contributed by atoms with Crippen molar-refractivity contribution in [1.29, 1.82) is 0 Å². The van der Waals surface area contributed by atoms with Crippen LogP contribution in [0.5, 0.6) is 0 Å². The Kier molecular flexibility index (Phi) is 4.67. The molecule has 4 nitrogen and oxygen atoms in total. The fraction of sp³-hybridized carbons (Fsp3) is 0.273. The predicted molar refractivity (Wildman–Crippen MR) is 64.6 cm³/mol. The van der Waals surface area contributed by atoms with E-state index in [2.05, 4.69) is 4.72 Å². The van der Waals surface area contributed by atoms with E-state index in [0.29, 0.717) is 11.4 Å². The standard InChI is InChI=1S/C11H16N2O2S/c1-10-6-2-3-7-11(10)16(14,15)13-9-5-4-8-12/h2-7,13H,8-9,12H2,1H3/b5-4+. The molecule has 3 N–H and O–H groups in total. The van der Waals surface area contributed by atoms with Crippen molar-refractivity contribution in [2.45, 2.75) is 11.8 Å². The van der Waals surface area contributed by atoms with Crippen LogP contribution in [0.25, 0.3) is 0 Å². The first-order valence-corrected chi connectivity index (χ1v) is 6.46. The number of hydrogen-bond donors (Lipinski definition) is 2. The lowest BCUT2D eigenvalue weighted by Crippen LogP contribution is -2.24. The quantitative estimate of drug-likeness (QED) is 0.747. The third kappa shape index (κ3) is 3.44. The molecule has 0 aliphatic rings. The SMILES string of the molecule is Cc1ccccc1S(=O)(=O)NC/C=C/CN. The second-order valence-electron chi connectivity index (χ2n) is 3.32. The average Bonchev–Trinajstić information content (AvgIpc) is 2.25. The van der Waals surface area contributed by atoms with Crippen molar-refractivity contribution in [3.8, 4) is 0 Å². The first-order valence-electron chi connectivity index (χ1n) is 4.98. The van der Waals surface area contributed by atoms with Crippen LogP contribution in [-0.2, 0) is 10.0 Å². The van der Waals surface area contributed by atoms with Gasteiger partial charge >= 0.3 is 0 Å². The van der Waals surface area contributed by atoms with Gasteiger partial charge in [0.1, 0.15) is 0 Å². The summed E-state index contributed by atoms with van der Waals surface area (Å²) < 4.78 is 26.2. The van der Waals surface area contributed by atoms with Gasteiger partial charge in [0.2, 0.25) is 10.0 Å². The van der Waals surface area contributed by atoms with Crippen molar-refractivity contribution in [2.24, 2.45) is 5.73 Å². The van der Waals surface area contributed by atoms with Gasteiger partial charge in [0.15, 0.2) is 0 Å². The minimum absolute atomic E-state index is 0.258. The maximum atomic E-state index is 11.8. The van der Waals surface area contributed by atoms with Crippen LogP contribution < -0.4 is 10.5 Å². The lowest BCUT2D eigenvalue weighted by atomic mass is 10.2. The van der Waals surface area contributed by atoms with Crippen LogP contribution >= 0.6 is 0 Å². The Hall–Kier alpha value is -1.17. The lowest BCUT2D eigenvalue weighted by molar-refractivity contribution is 0.585. The summed E-state index contributed by atoms with van der Waals surface area (Å²) in [7, 11) is -3.41. The van der Waals surface area contributed by atoms with E-state index in [-0.39, 0.29) is 6.54 Å². The fourth-order valence-electron chi connectivity index (χ4n) is 1.27. The summed E-state index contributed by atoms with van der Waals surface area (Å²) in [6, 6.07) is 6.87. The molecule has 0 aromatic heterocycles. The molecule has 0 saturated heterocycles.